The van der Waals surface area contributed by atoms with E-state index in [1.807, 2.05) is 42.5 Å². The van der Waals surface area contributed by atoms with Gasteiger partial charge in [0.2, 0.25) is 5.91 Å². The van der Waals surface area contributed by atoms with Gasteiger partial charge in [-0.1, -0.05) is 46.3 Å². The van der Waals surface area contributed by atoms with Gasteiger partial charge in [-0.2, -0.15) is 0 Å². The van der Waals surface area contributed by atoms with Crippen molar-refractivity contribution in [2.45, 2.75) is 25.9 Å². The lowest BCUT2D eigenvalue weighted by atomic mass is 10.1. The van der Waals surface area contributed by atoms with E-state index in [1.54, 1.807) is 13.0 Å². The summed E-state index contributed by atoms with van der Waals surface area (Å²) in [6, 6.07) is 15.2. The molecule has 2 rings (SSSR count). The van der Waals surface area contributed by atoms with Gasteiger partial charge in [0.1, 0.15) is 0 Å². The van der Waals surface area contributed by atoms with E-state index in [1.165, 1.54) is 0 Å². The fraction of sp³-hybridized carbons (Fsp3) is 0.235. The highest BCUT2D eigenvalue weighted by Crippen LogP contribution is 2.22. The number of anilines is 1. The zero-order valence-electron chi connectivity index (χ0n) is 11.8. The van der Waals surface area contributed by atoms with Crippen LogP contribution in [0.1, 0.15) is 30.6 Å². The molecule has 0 heterocycles. The van der Waals surface area contributed by atoms with Crippen molar-refractivity contribution in [3.8, 4) is 0 Å². The van der Waals surface area contributed by atoms with E-state index in [0.29, 0.717) is 18.5 Å². The first-order chi connectivity index (χ1) is 10.1. The molecule has 4 heteroatoms. The van der Waals surface area contributed by atoms with Gasteiger partial charge in [0, 0.05) is 22.1 Å². The number of halogens is 1. The lowest BCUT2D eigenvalue weighted by Crippen LogP contribution is -2.14. The van der Waals surface area contributed by atoms with Crippen molar-refractivity contribution < 1.29 is 9.90 Å². The van der Waals surface area contributed by atoms with Gasteiger partial charge < -0.3 is 10.4 Å². The molecule has 1 unspecified atom stereocenters. The molecule has 110 valence electrons. The number of carbonyl (C=O) groups is 1. The first kappa shape index (κ1) is 15.7. The van der Waals surface area contributed by atoms with Gasteiger partial charge in [-0.05, 0) is 37.1 Å². The fourth-order valence-corrected chi connectivity index (χ4v) is 2.58. The van der Waals surface area contributed by atoms with Crippen LogP contribution in [0.2, 0.25) is 0 Å². The predicted molar refractivity (Wildman–Crippen MR) is 88.2 cm³/mol. The molecule has 0 spiro atoms. The smallest absolute Gasteiger partial charge is 0.224 e. The lowest BCUT2D eigenvalue weighted by Gasteiger charge is -2.13. The van der Waals surface area contributed by atoms with Crippen LogP contribution in [0.3, 0.4) is 0 Å². The molecular weight excluding hydrogens is 330 g/mol. The normalized spacial score (nSPS) is 12.0. The average Bonchev–Trinajstić information content (AvgIpc) is 2.45. The third-order valence-electron chi connectivity index (χ3n) is 3.21. The lowest BCUT2D eigenvalue weighted by molar-refractivity contribution is -0.116. The fourth-order valence-electron chi connectivity index (χ4n) is 2.14. The average molecular weight is 348 g/mol. The van der Waals surface area contributed by atoms with E-state index in [0.717, 1.165) is 15.6 Å². The van der Waals surface area contributed by atoms with Crippen molar-refractivity contribution in [2.24, 2.45) is 0 Å². The van der Waals surface area contributed by atoms with Crippen LogP contribution < -0.4 is 5.32 Å². The Labute approximate surface area is 133 Å². The summed E-state index contributed by atoms with van der Waals surface area (Å²) in [6.45, 7) is 1.69. The van der Waals surface area contributed by atoms with Gasteiger partial charge in [-0.25, -0.2) is 0 Å². The van der Waals surface area contributed by atoms with Gasteiger partial charge >= 0.3 is 0 Å². The maximum Gasteiger partial charge on any atom is 0.224 e. The van der Waals surface area contributed by atoms with Gasteiger partial charge in [0.15, 0.2) is 0 Å². The minimum Gasteiger partial charge on any atom is -0.389 e. The minimum absolute atomic E-state index is 0.0527. The topological polar surface area (TPSA) is 49.3 Å². The Balaban J connectivity index is 1.96. The van der Waals surface area contributed by atoms with Crippen LogP contribution in [0.25, 0.3) is 0 Å². The molecule has 0 aliphatic heterocycles. The van der Waals surface area contributed by atoms with Crippen LogP contribution in [-0.4, -0.2) is 11.0 Å². The van der Waals surface area contributed by atoms with Crippen LogP contribution in [0.15, 0.2) is 53.0 Å². The molecule has 0 fully saturated rings. The molecule has 3 nitrogen and oxygen atoms in total. The number of hydrogen-bond donors (Lipinski definition) is 2. The quantitative estimate of drug-likeness (QED) is 0.856. The predicted octanol–water partition coefficient (Wildman–Crippen LogP) is 4.07. The number of nitrogens with one attached hydrogen (secondary N) is 1. The molecular formula is C17H18BrNO2. The maximum atomic E-state index is 12.0. The van der Waals surface area contributed by atoms with Crippen molar-refractivity contribution in [3.63, 3.8) is 0 Å². The molecule has 0 aromatic heterocycles. The maximum absolute atomic E-state index is 12.0. The van der Waals surface area contributed by atoms with Crippen LogP contribution >= 0.6 is 15.9 Å². The molecule has 2 N–H and O–H groups in total. The molecule has 0 saturated heterocycles. The van der Waals surface area contributed by atoms with Gasteiger partial charge in [-0.3, -0.25) is 4.79 Å². The van der Waals surface area contributed by atoms with Gasteiger partial charge in [0.05, 0.1) is 6.10 Å². The molecule has 1 atom stereocenters. The minimum atomic E-state index is -0.605. The number of hydrogen-bond acceptors (Lipinski definition) is 2. The van der Waals surface area contributed by atoms with E-state index in [-0.39, 0.29) is 5.91 Å². The highest BCUT2D eigenvalue weighted by atomic mass is 79.9. The number of aryl methyl sites for hydroxylation is 1. The Morgan fingerprint density at radius 3 is 2.71 bits per heavy atom. The summed E-state index contributed by atoms with van der Waals surface area (Å²) in [5, 5.41) is 12.6. The van der Waals surface area contributed by atoms with Crippen molar-refractivity contribution in [1.29, 1.82) is 0 Å². The highest BCUT2D eigenvalue weighted by molar-refractivity contribution is 9.10. The molecule has 0 aliphatic rings. The Morgan fingerprint density at radius 2 is 2.00 bits per heavy atom. The van der Waals surface area contributed by atoms with Crippen LogP contribution in [-0.2, 0) is 11.2 Å². The second-order valence-electron chi connectivity index (χ2n) is 4.94. The number of amides is 1. The summed E-state index contributed by atoms with van der Waals surface area (Å²) in [5.74, 6) is -0.0527. The summed E-state index contributed by atoms with van der Waals surface area (Å²) in [6.07, 6.45) is 0.485. The number of benzene rings is 2. The summed E-state index contributed by atoms with van der Waals surface area (Å²) in [7, 11) is 0. The van der Waals surface area contributed by atoms with E-state index in [2.05, 4.69) is 21.2 Å². The Hall–Kier alpha value is -1.65. The number of para-hydroxylation sites is 1. The third kappa shape index (κ3) is 4.69. The Kier molecular flexibility index (Phi) is 5.53. The van der Waals surface area contributed by atoms with E-state index < -0.39 is 6.10 Å². The van der Waals surface area contributed by atoms with E-state index in [4.69, 9.17) is 0 Å². The van der Waals surface area contributed by atoms with Crippen LogP contribution in [0.5, 0.6) is 0 Å². The van der Waals surface area contributed by atoms with Crippen LogP contribution in [0, 0.1) is 0 Å². The molecule has 1 amide bonds. The summed E-state index contributed by atoms with van der Waals surface area (Å²) in [4.78, 5) is 12.0. The highest BCUT2D eigenvalue weighted by Gasteiger charge is 2.10. The zero-order valence-corrected chi connectivity index (χ0v) is 13.4. The molecule has 2 aromatic rings. The van der Waals surface area contributed by atoms with Gasteiger partial charge in [-0.15, -0.1) is 0 Å². The Morgan fingerprint density at radius 1 is 1.24 bits per heavy atom. The van der Waals surface area contributed by atoms with Crippen molar-refractivity contribution in [3.05, 3.63) is 64.1 Å². The monoisotopic (exact) mass is 347 g/mol. The zero-order chi connectivity index (χ0) is 15.2. The molecule has 0 radical (unpaired) electrons. The summed E-state index contributed by atoms with van der Waals surface area (Å²) >= 11 is 3.42. The van der Waals surface area contributed by atoms with Crippen molar-refractivity contribution in [2.75, 3.05) is 5.32 Å². The number of aliphatic hydroxyl groups excluding tert-OH is 1. The SMILES string of the molecule is CC(O)c1ccccc1NC(=O)CCc1cccc(Br)c1. The molecule has 2 aromatic carbocycles. The second-order valence-corrected chi connectivity index (χ2v) is 5.86. The number of aliphatic hydroxyl groups is 1. The van der Waals surface area contributed by atoms with Crippen LogP contribution in [0.4, 0.5) is 5.69 Å². The summed E-state index contributed by atoms with van der Waals surface area (Å²) < 4.78 is 1.01. The molecule has 0 saturated carbocycles. The van der Waals surface area contributed by atoms with Gasteiger partial charge in [0.25, 0.3) is 0 Å². The van der Waals surface area contributed by atoms with Crippen molar-refractivity contribution >= 4 is 27.5 Å². The molecule has 0 bridgehead atoms. The number of carbonyl (C=O) groups excluding carboxylic acids is 1. The molecule has 21 heavy (non-hydrogen) atoms. The summed E-state index contributed by atoms with van der Waals surface area (Å²) in [5.41, 5.74) is 2.52. The molecule has 0 aliphatic carbocycles. The standard InChI is InChI=1S/C17H18BrNO2/c1-12(20)15-7-2-3-8-16(15)19-17(21)10-9-13-5-4-6-14(18)11-13/h2-8,11-12,20H,9-10H2,1H3,(H,19,21). The first-order valence-corrected chi connectivity index (χ1v) is 7.67. The van der Waals surface area contributed by atoms with Crippen molar-refractivity contribution in [1.82, 2.24) is 0 Å². The largest absolute Gasteiger partial charge is 0.389 e. The Bertz CT molecular complexity index is 626. The second kappa shape index (κ2) is 7.38. The third-order valence-corrected chi connectivity index (χ3v) is 3.71. The van der Waals surface area contributed by atoms with E-state index >= 15 is 0 Å². The first-order valence-electron chi connectivity index (χ1n) is 6.87. The van der Waals surface area contributed by atoms with E-state index in [9.17, 15) is 9.90 Å². The number of rotatable bonds is 5.